The Hall–Kier alpha value is -2.56. The van der Waals surface area contributed by atoms with E-state index in [4.69, 9.17) is 0 Å². The summed E-state index contributed by atoms with van der Waals surface area (Å²) in [5.74, 6) is -2.05. The highest BCUT2D eigenvalue weighted by Crippen LogP contribution is 2.20. The Morgan fingerprint density at radius 2 is 2.00 bits per heavy atom. The second kappa shape index (κ2) is 5.39. The van der Waals surface area contributed by atoms with Crippen molar-refractivity contribution in [1.29, 1.82) is 0 Å². The molecule has 96 valence electrons. The van der Waals surface area contributed by atoms with E-state index in [0.29, 0.717) is 5.56 Å². The van der Waals surface area contributed by atoms with E-state index >= 15 is 0 Å². The first-order chi connectivity index (χ1) is 9.08. The predicted molar refractivity (Wildman–Crippen MR) is 65.6 cm³/mol. The Balaban J connectivity index is 2.18. The molecule has 1 N–H and O–H groups in total. The molecule has 0 fully saturated rings. The zero-order chi connectivity index (χ0) is 13.8. The van der Waals surface area contributed by atoms with Gasteiger partial charge in [0, 0.05) is 18.0 Å². The molecule has 4 nitrogen and oxygen atoms in total. The fraction of sp³-hybridized carbons (Fsp3) is 0.0714. The summed E-state index contributed by atoms with van der Waals surface area (Å²) in [6.45, 7) is 0. The molecule has 0 bridgehead atoms. The van der Waals surface area contributed by atoms with Crippen LogP contribution >= 0.6 is 0 Å². The van der Waals surface area contributed by atoms with Crippen LogP contribution in [0.15, 0.2) is 42.7 Å². The van der Waals surface area contributed by atoms with Crippen LogP contribution in [0.25, 0.3) is 0 Å². The molecule has 1 heterocycles. The summed E-state index contributed by atoms with van der Waals surface area (Å²) >= 11 is 0. The maximum absolute atomic E-state index is 13.0. The second-order valence-electron chi connectivity index (χ2n) is 3.93. The number of ketones is 2. The van der Waals surface area contributed by atoms with E-state index in [1.54, 1.807) is 6.07 Å². The van der Waals surface area contributed by atoms with Crippen LogP contribution < -0.4 is 0 Å². The molecule has 0 aliphatic carbocycles. The zero-order valence-electron chi connectivity index (χ0n) is 9.84. The van der Waals surface area contributed by atoms with Gasteiger partial charge in [0.1, 0.15) is 11.6 Å². The highest BCUT2D eigenvalue weighted by atomic mass is 19.1. The van der Waals surface area contributed by atoms with Gasteiger partial charge in [-0.3, -0.25) is 14.6 Å². The number of halogens is 1. The third kappa shape index (κ3) is 3.01. The number of aromatic nitrogens is 1. The molecular formula is C14H10FNO3. The molecule has 2 rings (SSSR count). The largest absolute Gasteiger partial charge is 0.507 e. The number of hydrogen-bond acceptors (Lipinski definition) is 4. The molecule has 0 radical (unpaired) electrons. The number of rotatable bonds is 4. The molecule has 0 atom stereocenters. The van der Waals surface area contributed by atoms with Gasteiger partial charge in [0.15, 0.2) is 11.6 Å². The fourth-order valence-corrected chi connectivity index (χ4v) is 1.60. The van der Waals surface area contributed by atoms with Crippen molar-refractivity contribution in [2.24, 2.45) is 0 Å². The van der Waals surface area contributed by atoms with Crippen LogP contribution in [0.4, 0.5) is 4.39 Å². The number of phenolic OH excluding ortho intramolecular Hbond substituents is 1. The lowest BCUT2D eigenvalue weighted by atomic mass is 10.0. The van der Waals surface area contributed by atoms with E-state index in [1.807, 2.05) is 0 Å². The van der Waals surface area contributed by atoms with Gasteiger partial charge in [0.2, 0.25) is 0 Å². The third-order valence-corrected chi connectivity index (χ3v) is 2.56. The Bertz CT molecular complexity index is 626. The number of benzene rings is 1. The first-order valence-electron chi connectivity index (χ1n) is 5.53. The highest BCUT2D eigenvalue weighted by molar-refractivity contribution is 6.14. The molecule has 1 aromatic heterocycles. The van der Waals surface area contributed by atoms with Crippen molar-refractivity contribution in [2.75, 3.05) is 0 Å². The minimum atomic E-state index is -0.644. The molecule has 5 heteroatoms. The van der Waals surface area contributed by atoms with Crippen LogP contribution in [0.2, 0.25) is 0 Å². The minimum absolute atomic E-state index is 0.197. The first kappa shape index (κ1) is 12.9. The molecule has 0 aliphatic rings. The van der Waals surface area contributed by atoms with Gasteiger partial charge in [-0.15, -0.1) is 0 Å². The molecule has 0 spiro atoms. The van der Waals surface area contributed by atoms with Crippen LogP contribution in [0.1, 0.15) is 27.1 Å². The van der Waals surface area contributed by atoms with Gasteiger partial charge in [-0.05, 0) is 30.3 Å². The quantitative estimate of drug-likeness (QED) is 0.676. The Morgan fingerprint density at radius 1 is 1.21 bits per heavy atom. The number of pyridine rings is 1. The van der Waals surface area contributed by atoms with Gasteiger partial charge in [-0.2, -0.15) is 0 Å². The summed E-state index contributed by atoms with van der Waals surface area (Å²) in [6.07, 6.45) is 2.42. The maximum Gasteiger partial charge on any atom is 0.174 e. The van der Waals surface area contributed by atoms with Gasteiger partial charge < -0.3 is 5.11 Å². The van der Waals surface area contributed by atoms with E-state index in [0.717, 1.165) is 18.2 Å². The van der Waals surface area contributed by atoms with Gasteiger partial charge in [0.25, 0.3) is 0 Å². The smallest absolute Gasteiger partial charge is 0.174 e. The van der Waals surface area contributed by atoms with Crippen LogP contribution in [-0.2, 0) is 0 Å². The zero-order valence-corrected chi connectivity index (χ0v) is 9.84. The van der Waals surface area contributed by atoms with Crippen LogP contribution in [-0.4, -0.2) is 21.7 Å². The topological polar surface area (TPSA) is 67.3 Å². The van der Waals surface area contributed by atoms with Crippen LogP contribution in [0.5, 0.6) is 5.75 Å². The van der Waals surface area contributed by atoms with E-state index < -0.39 is 23.8 Å². The van der Waals surface area contributed by atoms with Crippen molar-refractivity contribution in [3.63, 3.8) is 0 Å². The number of carbonyl (C=O) groups is 2. The predicted octanol–water partition coefficient (Wildman–Crippen LogP) is 2.38. The van der Waals surface area contributed by atoms with Crippen LogP contribution in [0, 0.1) is 5.82 Å². The highest BCUT2D eigenvalue weighted by Gasteiger charge is 2.17. The van der Waals surface area contributed by atoms with Crippen molar-refractivity contribution in [3.05, 3.63) is 59.7 Å². The summed E-state index contributed by atoms with van der Waals surface area (Å²) < 4.78 is 13.0. The Kier molecular flexibility index (Phi) is 3.66. The van der Waals surface area contributed by atoms with E-state index in [-0.39, 0.29) is 11.3 Å². The molecule has 1 aromatic carbocycles. The summed E-state index contributed by atoms with van der Waals surface area (Å²) in [6, 6.07) is 6.14. The fourth-order valence-electron chi connectivity index (χ4n) is 1.60. The molecule has 0 saturated heterocycles. The van der Waals surface area contributed by atoms with Crippen molar-refractivity contribution < 1.29 is 19.1 Å². The lowest BCUT2D eigenvalue weighted by Crippen LogP contribution is -2.09. The molecule has 0 saturated carbocycles. The van der Waals surface area contributed by atoms with Crippen molar-refractivity contribution >= 4 is 11.6 Å². The summed E-state index contributed by atoms with van der Waals surface area (Å²) in [5, 5.41) is 9.48. The van der Waals surface area contributed by atoms with Gasteiger partial charge >= 0.3 is 0 Å². The van der Waals surface area contributed by atoms with Crippen LogP contribution in [0.3, 0.4) is 0 Å². The molecule has 0 unspecified atom stereocenters. The van der Waals surface area contributed by atoms with Gasteiger partial charge in [-0.25, -0.2) is 4.39 Å². The van der Waals surface area contributed by atoms with E-state index in [9.17, 15) is 19.1 Å². The molecule has 2 aromatic rings. The van der Waals surface area contributed by atoms with Crippen molar-refractivity contribution in [3.8, 4) is 5.75 Å². The van der Waals surface area contributed by atoms with Crippen molar-refractivity contribution in [1.82, 2.24) is 4.98 Å². The molecule has 0 aliphatic heterocycles. The number of carbonyl (C=O) groups excluding carboxylic acids is 2. The third-order valence-electron chi connectivity index (χ3n) is 2.56. The van der Waals surface area contributed by atoms with Gasteiger partial charge in [0.05, 0.1) is 12.0 Å². The Morgan fingerprint density at radius 3 is 2.68 bits per heavy atom. The number of Topliss-reactive ketones (excluding diaryl/α,β-unsaturated/α-hetero) is 2. The number of hydrogen-bond donors (Lipinski definition) is 1. The monoisotopic (exact) mass is 259 g/mol. The lowest BCUT2D eigenvalue weighted by molar-refractivity contribution is 0.0892. The van der Waals surface area contributed by atoms with E-state index in [2.05, 4.69) is 4.98 Å². The minimum Gasteiger partial charge on any atom is -0.507 e. The number of phenols is 1. The lowest BCUT2D eigenvalue weighted by Gasteiger charge is -2.03. The Labute approximate surface area is 108 Å². The first-order valence-corrected chi connectivity index (χ1v) is 5.53. The second-order valence-corrected chi connectivity index (χ2v) is 3.93. The SMILES string of the molecule is O=C(CC(=O)c1cc(F)ccc1O)c1cccnc1. The van der Waals surface area contributed by atoms with Gasteiger partial charge in [-0.1, -0.05) is 0 Å². The number of aromatic hydroxyl groups is 1. The standard InChI is InChI=1S/C14H10FNO3/c15-10-3-4-12(17)11(6-10)14(19)7-13(18)9-2-1-5-16-8-9/h1-6,8,17H,7H2. The molecule has 19 heavy (non-hydrogen) atoms. The van der Waals surface area contributed by atoms with E-state index in [1.165, 1.54) is 18.5 Å². The van der Waals surface area contributed by atoms with Crippen molar-refractivity contribution in [2.45, 2.75) is 6.42 Å². The molecule has 0 amide bonds. The summed E-state index contributed by atoms with van der Waals surface area (Å²) in [4.78, 5) is 27.4. The maximum atomic E-state index is 13.0. The number of nitrogens with zero attached hydrogens (tertiary/aromatic N) is 1. The normalized spacial score (nSPS) is 10.2. The average Bonchev–Trinajstić information content (AvgIpc) is 2.42. The average molecular weight is 259 g/mol. The molecular weight excluding hydrogens is 249 g/mol. The summed E-state index contributed by atoms with van der Waals surface area (Å²) in [5.41, 5.74) is 0.101. The summed E-state index contributed by atoms with van der Waals surface area (Å²) in [7, 11) is 0.